The van der Waals surface area contributed by atoms with Crippen LogP contribution in [0, 0.1) is 0 Å². The van der Waals surface area contributed by atoms with Crippen molar-refractivity contribution in [2.45, 2.75) is 56.8 Å². The SMILES string of the molecule is O=C(O)CCc1cc(C(=O)c2ccc(OC3CCCC3)cc2O)ccc1OCc1ccc2c(=O)n(C(c3ccccc3)(c3ccccc3)c3ccccc3)oc2c1. The number of benzene rings is 6. The van der Waals surface area contributed by atoms with Gasteiger partial charge < -0.3 is 24.2 Å². The largest absolute Gasteiger partial charge is 0.507 e. The maximum absolute atomic E-state index is 14.4. The van der Waals surface area contributed by atoms with Crippen LogP contribution in [0.2, 0.25) is 0 Å². The molecule has 1 aliphatic rings. The third kappa shape index (κ3) is 7.44. The van der Waals surface area contributed by atoms with E-state index in [1.54, 1.807) is 48.5 Å². The molecule has 0 spiro atoms. The first-order valence-corrected chi connectivity index (χ1v) is 19.1. The highest BCUT2D eigenvalue weighted by atomic mass is 16.5. The molecule has 1 aromatic heterocycles. The number of carbonyl (C=O) groups excluding carboxylic acids is 1. The fourth-order valence-corrected chi connectivity index (χ4v) is 7.86. The predicted molar refractivity (Wildman–Crippen MR) is 216 cm³/mol. The summed E-state index contributed by atoms with van der Waals surface area (Å²) in [4.78, 5) is 39.6. The van der Waals surface area contributed by atoms with Gasteiger partial charge in [-0.3, -0.25) is 14.4 Å². The van der Waals surface area contributed by atoms with E-state index in [0.29, 0.717) is 33.6 Å². The molecule has 0 saturated heterocycles. The average Bonchev–Trinajstić information content (AvgIpc) is 3.88. The third-order valence-corrected chi connectivity index (χ3v) is 10.7. The number of phenolic OH excluding ortho intramolecular Hbond substituents is 1. The van der Waals surface area contributed by atoms with Crippen LogP contribution >= 0.6 is 0 Å². The highest BCUT2D eigenvalue weighted by Crippen LogP contribution is 2.41. The standard InChI is InChI=1S/C48H41NO8/c50-42-30-39(56-38-18-10-11-19-38)23-25-40(42)46(53)34-21-26-43(33(29-34)22-27-45(51)52)55-31-32-20-24-41-44(28-32)57-49(47(41)54)48(35-12-4-1-5-13-35,36-14-6-2-7-15-36)37-16-8-3-9-17-37/h1-9,12-17,20-21,23-26,28-30,38,50H,10-11,18-19,22,27,31H2,(H,51,52). The maximum Gasteiger partial charge on any atom is 0.303 e. The summed E-state index contributed by atoms with van der Waals surface area (Å²) >= 11 is 0. The van der Waals surface area contributed by atoms with Crippen LogP contribution < -0.4 is 15.0 Å². The first-order chi connectivity index (χ1) is 27.8. The van der Waals surface area contributed by atoms with E-state index in [9.17, 15) is 24.6 Å². The molecular formula is C48H41NO8. The molecule has 0 radical (unpaired) electrons. The highest BCUT2D eigenvalue weighted by molar-refractivity contribution is 6.11. The van der Waals surface area contributed by atoms with Crippen molar-refractivity contribution in [1.82, 2.24) is 4.74 Å². The van der Waals surface area contributed by atoms with Gasteiger partial charge in [-0.05, 0) is 102 Å². The number of hydrogen-bond donors (Lipinski definition) is 2. The van der Waals surface area contributed by atoms with Crippen LogP contribution in [-0.4, -0.2) is 32.8 Å². The monoisotopic (exact) mass is 759 g/mol. The van der Waals surface area contributed by atoms with Crippen LogP contribution in [0.1, 0.15) is 75.8 Å². The van der Waals surface area contributed by atoms with E-state index >= 15 is 0 Å². The number of hydrogen-bond acceptors (Lipinski definition) is 7. The number of aromatic nitrogens is 1. The van der Waals surface area contributed by atoms with Crippen molar-refractivity contribution in [2.75, 3.05) is 0 Å². The van der Waals surface area contributed by atoms with Crippen molar-refractivity contribution in [1.29, 1.82) is 0 Å². The molecular weight excluding hydrogens is 719 g/mol. The quantitative estimate of drug-likeness (QED) is 0.0830. The molecule has 0 aliphatic heterocycles. The lowest BCUT2D eigenvalue weighted by Crippen LogP contribution is -2.42. The number of fused-ring (bicyclic) bond motifs is 1. The molecule has 0 atom stereocenters. The minimum atomic E-state index is -1.13. The zero-order chi connectivity index (χ0) is 39.4. The van der Waals surface area contributed by atoms with Crippen LogP contribution in [0.3, 0.4) is 0 Å². The molecule has 1 saturated carbocycles. The van der Waals surface area contributed by atoms with E-state index in [4.69, 9.17) is 14.0 Å². The van der Waals surface area contributed by atoms with Gasteiger partial charge in [0.2, 0.25) is 0 Å². The Labute approximate surface area is 329 Å². The number of carbonyl (C=O) groups is 2. The minimum Gasteiger partial charge on any atom is -0.507 e. The summed E-state index contributed by atoms with van der Waals surface area (Å²) in [6.07, 6.45) is 4.19. The second-order valence-electron chi connectivity index (χ2n) is 14.4. The zero-order valence-corrected chi connectivity index (χ0v) is 31.2. The van der Waals surface area contributed by atoms with Gasteiger partial charge >= 0.3 is 5.97 Å². The van der Waals surface area contributed by atoms with Crippen LogP contribution in [0.15, 0.2) is 155 Å². The Balaban J connectivity index is 1.10. The van der Waals surface area contributed by atoms with Crippen molar-refractivity contribution in [3.8, 4) is 17.2 Å². The van der Waals surface area contributed by atoms with Crippen molar-refractivity contribution in [2.24, 2.45) is 0 Å². The summed E-state index contributed by atoms with van der Waals surface area (Å²) in [6.45, 7) is 0.0721. The Kier molecular flexibility index (Phi) is 10.5. The van der Waals surface area contributed by atoms with Gasteiger partial charge in [0.1, 0.15) is 23.9 Å². The Morgan fingerprint density at radius 1 is 0.754 bits per heavy atom. The van der Waals surface area contributed by atoms with Gasteiger partial charge in [-0.15, -0.1) is 0 Å². The molecule has 1 heterocycles. The second kappa shape index (κ2) is 16.1. The summed E-state index contributed by atoms with van der Waals surface area (Å²) in [5.74, 6) is -0.666. The van der Waals surface area contributed by atoms with Crippen molar-refractivity contribution in [3.05, 3.63) is 195 Å². The Morgan fingerprint density at radius 3 is 1.98 bits per heavy atom. The number of rotatable bonds is 14. The molecule has 1 fully saturated rings. The fraction of sp³-hybridized carbons (Fsp3) is 0.188. The number of phenols is 1. The fourth-order valence-electron chi connectivity index (χ4n) is 7.86. The zero-order valence-electron chi connectivity index (χ0n) is 31.2. The smallest absolute Gasteiger partial charge is 0.303 e. The normalized spacial score (nSPS) is 13.1. The van der Waals surface area contributed by atoms with Gasteiger partial charge in [0.05, 0.1) is 17.1 Å². The molecule has 57 heavy (non-hydrogen) atoms. The highest BCUT2D eigenvalue weighted by Gasteiger charge is 2.42. The number of nitrogens with zero attached hydrogens (tertiary/aromatic N) is 1. The number of carboxylic acid groups (broad SMARTS) is 1. The Bertz CT molecular complexity index is 2490. The Hall–Kier alpha value is -6.87. The minimum absolute atomic E-state index is 0.0721. The number of ketones is 1. The molecule has 0 amide bonds. The first kappa shape index (κ1) is 37.1. The predicted octanol–water partition coefficient (Wildman–Crippen LogP) is 9.29. The van der Waals surface area contributed by atoms with Gasteiger partial charge in [-0.25, -0.2) is 0 Å². The summed E-state index contributed by atoms with van der Waals surface area (Å²) in [6, 6.07) is 44.3. The van der Waals surface area contributed by atoms with Crippen molar-refractivity contribution in [3.63, 3.8) is 0 Å². The molecule has 286 valence electrons. The van der Waals surface area contributed by atoms with Crippen LogP contribution in [0.25, 0.3) is 11.0 Å². The van der Waals surface area contributed by atoms with Crippen molar-refractivity contribution < 1.29 is 33.8 Å². The van der Waals surface area contributed by atoms with Crippen LogP contribution in [0.5, 0.6) is 17.2 Å². The molecule has 1 aliphatic carbocycles. The third-order valence-electron chi connectivity index (χ3n) is 10.7. The summed E-state index contributed by atoms with van der Waals surface area (Å²) in [5.41, 5.74) is 3.14. The number of carboxylic acids is 1. The van der Waals surface area contributed by atoms with E-state index < -0.39 is 17.3 Å². The van der Waals surface area contributed by atoms with E-state index in [0.717, 1.165) is 42.4 Å². The Morgan fingerprint density at radius 2 is 1.39 bits per heavy atom. The number of aliphatic carboxylic acids is 1. The van der Waals surface area contributed by atoms with Gasteiger partial charge in [0.25, 0.3) is 5.56 Å². The average molecular weight is 760 g/mol. The lowest BCUT2D eigenvalue weighted by molar-refractivity contribution is -0.136. The lowest BCUT2D eigenvalue weighted by atomic mass is 9.77. The van der Waals surface area contributed by atoms with E-state index in [1.807, 2.05) is 91.0 Å². The number of ether oxygens (including phenoxy) is 2. The van der Waals surface area contributed by atoms with Crippen LogP contribution in [0.4, 0.5) is 0 Å². The molecule has 0 bridgehead atoms. The van der Waals surface area contributed by atoms with Gasteiger partial charge in [0.15, 0.2) is 16.9 Å². The molecule has 8 rings (SSSR count). The van der Waals surface area contributed by atoms with Gasteiger partial charge in [-0.1, -0.05) is 97.1 Å². The first-order valence-electron chi connectivity index (χ1n) is 19.1. The molecule has 2 N–H and O–H groups in total. The van der Waals surface area contributed by atoms with Crippen molar-refractivity contribution >= 4 is 22.7 Å². The van der Waals surface area contributed by atoms with Crippen LogP contribution in [-0.2, 0) is 23.4 Å². The second-order valence-corrected chi connectivity index (χ2v) is 14.4. The van der Waals surface area contributed by atoms with E-state index in [-0.39, 0.29) is 48.0 Å². The van der Waals surface area contributed by atoms with E-state index in [2.05, 4.69) is 0 Å². The topological polar surface area (TPSA) is 128 Å². The van der Waals surface area contributed by atoms with Gasteiger partial charge in [0, 0.05) is 18.1 Å². The number of aryl methyl sites for hydroxylation is 1. The molecule has 7 aromatic rings. The summed E-state index contributed by atoms with van der Waals surface area (Å²) in [7, 11) is 0. The molecule has 0 unspecified atom stereocenters. The summed E-state index contributed by atoms with van der Waals surface area (Å²) < 4.78 is 20.3. The number of aromatic hydroxyl groups is 1. The van der Waals surface area contributed by atoms with E-state index in [1.165, 1.54) is 10.8 Å². The summed E-state index contributed by atoms with van der Waals surface area (Å²) in [5, 5.41) is 20.7. The molecule has 6 aromatic carbocycles. The van der Waals surface area contributed by atoms with Gasteiger partial charge in [-0.2, -0.15) is 4.74 Å². The lowest BCUT2D eigenvalue weighted by Gasteiger charge is -2.34. The maximum atomic E-state index is 14.4. The molecule has 9 heteroatoms. The molecule has 9 nitrogen and oxygen atoms in total.